The summed E-state index contributed by atoms with van der Waals surface area (Å²) in [6.45, 7) is 0. The first-order valence-corrected chi connectivity index (χ1v) is 6.82. The molecule has 8 heteroatoms. The van der Waals surface area contributed by atoms with Crippen molar-refractivity contribution in [1.29, 1.82) is 0 Å². The summed E-state index contributed by atoms with van der Waals surface area (Å²) in [6.07, 6.45) is 3.93. The predicted octanol–water partition coefficient (Wildman–Crippen LogP) is -0.0294. The Hall–Kier alpha value is -2.38. The third-order valence-corrected chi connectivity index (χ3v) is 3.72. The summed E-state index contributed by atoms with van der Waals surface area (Å²) in [5, 5.41) is 11.9. The van der Waals surface area contributed by atoms with Crippen LogP contribution in [0.1, 0.15) is 49.0 Å². The van der Waals surface area contributed by atoms with Gasteiger partial charge in [0.1, 0.15) is 11.2 Å². The zero-order valence-corrected chi connectivity index (χ0v) is 11.4. The maximum absolute atomic E-state index is 12.1. The summed E-state index contributed by atoms with van der Waals surface area (Å²) >= 11 is 0. The monoisotopic (exact) mass is 295 g/mol. The van der Waals surface area contributed by atoms with Crippen LogP contribution in [0.25, 0.3) is 0 Å². The van der Waals surface area contributed by atoms with E-state index in [1.54, 1.807) is 0 Å². The fourth-order valence-electron chi connectivity index (χ4n) is 2.60. The number of aromatic amines is 2. The molecule has 4 N–H and O–H groups in total. The van der Waals surface area contributed by atoms with Crippen molar-refractivity contribution in [1.82, 2.24) is 15.3 Å². The second-order valence-corrected chi connectivity index (χ2v) is 5.26. The highest BCUT2D eigenvalue weighted by molar-refractivity contribution is 5.96. The third kappa shape index (κ3) is 3.39. The van der Waals surface area contributed by atoms with Gasteiger partial charge in [0.25, 0.3) is 11.5 Å². The minimum atomic E-state index is -1.34. The second kappa shape index (κ2) is 5.94. The first kappa shape index (κ1) is 15.0. The van der Waals surface area contributed by atoms with Gasteiger partial charge >= 0.3 is 11.7 Å². The molecule has 0 bridgehead atoms. The van der Waals surface area contributed by atoms with E-state index in [0.717, 1.165) is 18.9 Å². The average Bonchev–Trinajstić information content (AvgIpc) is 2.64. The zero-order chi connectivity index (χ0) is 15.5. The molecule has 1 aliphatic carbocycles. The maximum Gasteiger partial charge on any atom is 0.329 e. The van der Waals surface area contributed by atoms with Crippen LogP contribution in [0, 0.1) is 0 Å². The van der Waals surface area contributed by atoms with Crippen LogP contribution in [0.3, 0.4) is 0 Å². The van der Waals surface area contributed by atoms with E-state index in [0.29, 0.717) is 25.7 Å². The van der Waals surface area contributed by atoms with Crippen molar-refractivity contribution in [3.05, 3.63) is 32.6 Å². The molecule has 1 aromatic heterocycles. The van der Waals surface area contributed by atoms with E-state index in [9.17, 15) is 24.3 Å². The van der Waals surface area contributed by atoms with Gasteiger partial charge in [-0.15, -0.1) is 0 Å². The van der Waals surface area contributed by atoms with Crippen LogP contribution >= 0.6 is 0 Å². The van der Waals surface area contributed by atoms with Crippen LogP contribution in [0.4, 0.5) is 0 Å². The van der Waals surface area contributed by atoms with Crippen LogP contribution < -0.4 is 16.6 Å². The molecule has 1 heterocycles. The number of rotatable bonds is 3. The Bertz CT molecular complexity index is 624. The molecule has 1 aromatic rings. The number of hydrogen-bond donors (Lipinski definition) is 4. The molecule has 1 fully saturated rings. The molecule has 1 saturated carbocycles. The van der Waals surface area contributed by atoms with Crippen LogP contribution in [0.5, 0.6) is 0 Å². The molecule has 0 saturated heterocycles. The Kier molecular flexibility index (Phi) is 4.25. The van der Waals surface area contributed by atoms with E-state index in [1.807, 2.05) is 4.98 Å². The highest BCUT2D eigenvalue weighted by Crippen LogP contribution is 2.27. The van der Waals surface area contributed by atoms with Gasteiger partial charge < -0.3 is 15.4 Å². The van der Waals surface area contributed by atoms with Crippen molar-refractivity contribution in [3.63, 3.8) is 0 Å². The molecule has 114 valence electrons. The maximum atomic E-state index is 12.1. The second-order valence-electron chi connectivity index (χ2n) is 5.26. The fourth-order valence-corrected chi connectivity index (χ4v) is 2.60. The molecule has 21 heavy (non-hydrogen) atoms. The lowest BCUT2D eigenvalue weighted by Crippen LogP contribution is -2.54. The number of amides is 1. The van der Waals surface area contributed by atoms with Crippen molar-refractivity contribution in [3.8, 4) is 0 Å². The van der Waals surface area contributed by atoms with E-state index in [1.165, 1.54) is 0 Å². The summed E-state index contributed by atoms with van der Waals surface area (Å²) in [5.74, 6) is -1.85. The summed E-state index contributed by atoms with van der Waals surface area (Å²) in [4.78, 5) is 50.2. The SMILES string of the molecule is O=C(NC1(C(=O)O)CCCCCC1)c1cc(=O)[nH]c(=O)[nH]1. The molecule has 1 amide bonds. The number of nitrogens with one attached hydrogen (secondary N) is 3. The van der Waals surface area contributed by atoms with Crippen molar-refractivity contribution in [2.24, 2.45) is 0 Å². The minimum Gasteiger partial charge on any atom is -0.480 e. The van der Waals surface area contributed by atoms with E-state index in [4.69, 9.17) is 0 Å². The molecule has 1 aliphatic rings. The number of hydrogen-bond acceptors (Lipinski definition) is 4. The van der Waals surface area contributed by atoms with Gasteiger partial charge in [0.05, 0.1) is 0 Å². The minimum absolute atomic E-state index is 0.242. The molecular weight excluding hydrogens is 278 g/mol. The van der Waals surface area contributed by atoms with Crippen LogP contribution in [-0.4, -0.2) is 32.5 Å². The van der Waals surface area contributed by atoms with Gasteiger partial charge in [-0.05, 0) is 12.8 Å². The van der Waals surface area contributed by atoms with Gasteiger partial charge in [0.15, 0.2) is 0 Å². The highest BCUT2D eigenvalue weighted by atomic mass is 16.4. The Labute approximate surface area is 119 Å². The Balaban J connectivity index is 2.27. The lowest BCUT2D eigenvalue weighted by Gasteiger charge is -2.29. The van der Waals surface area contributed by atoms with Gasteiger partial charge in [-0.2, -0.15) is 0 Å². The summed E-state index contributed by atoms with van der Waals surface area (Å²) in [7, 11) is 0. The Morgan fingerprint density at radius 1 is 1.10 bits per heavy atom. The number of aromatic nitrogens is 2. The van der Waals surface area contributed by atoms with Crippen LogP contribution in [0.2, 0.25) is 0 Å². The van der Waals surface area contributed by atoms with Crippen molar-refractivity contribution in [2.45, 2.75) is 44.1 Å². The number of aliphatic carboxylic acids is 1. The number of carboxylic acids is 1. The van der Waals surface area contributed by atoms with Gasteiger partial charge in [-0.3, -0.25) is 14.6 Å². The largest absolute Gasteiger partial charge is 0.480 e. The number of H-pyrrole nitrogens is 2. The first-order valence-electron chi connectivity index (χ1n) is 6.82. The molecular formula is C13H17N3O5. The third-order valence-electron chi connectivity index (χ3n) is 3.72. The lowest BCUT2D eigenvalue weighted by atomic mass is 9.90. The van der Waals surface area contributed by atoms with Gasteiger partial charge in [-0.25, -0.2) is 9.59 Å². The van der Waals surface area contributed by atoms with Crippen LogP contribution in [-0.2, 0) is 4.79 Å². The average molecular weight is 295 g/mol. The zero-order valence-electron chi connectivity index (χ0n) is 11.4. The summed E-state index contributed by atoms with van der Waals surface area (Å²) in [5.41, 5.74) is -3.10. The number of carbonyl (C=O) groups is 2. The molecule has 0 atom stereocenters. The Morgan fingerprint density at radius 2 is 1.71 bits per heavy atom. The summed E-state index contributed by atoms with van der Waals surface area (Å²) in [6, 6.07) is 0.934. The summed E-state index contributed by atoms with van der Waals surface area (Å²) < 4.78 is 0. The quantitative estimate of drug-likeness (QED) is 0.581. The highest BCUT2D eigenvalue weighted by Gasteiger charge is 2.40. The van der Waals surface area contributed by atoms with Crippen LogP contribution in [0.15, 0.2) is 15.7 Å². The molecule has 0 aromatic carbocycles. The first-order chi connectivity index (χ1) is 9.93. The van der Waals surface area contributed by atoms with E-state index in [-0.39, 0.29) is 5.69 Å². The predicted molar refractivity (Wildman–Crippen MR) is 73.2 cm³/mol. The van der Waals surface area contributed by atoms with E-state index < -0.39 is 28.7 Å². The topological polar surface area (TPSA) is 132 Å². The van der Waals surface area contributed by atoms with E-state index >= 15 is 0 Å². The van der Waals surface area contributed by atoms with Crippen molar-refractivity contribution < 1.29 is 14.7 Å². The molecule has 2 rings (SSSR count). The molecule has 8 nitrogen and oxygen atoms in total. The van der Waals surface area contributed by atoms with Gasteiger partial charge in [-0.1, -0.05) is 25.7 Å². The van der Waals surface area contributed by atoms with Gasteiger partial charge in [0.2, 0.25) is 0 Å². The normalized spacial score (nSPS) is 17.7. The van der Waals surface area contributed by atoms with Crippen molar-refractivity contribution >= 4 is 11.9 Å². The smallest absolute Gasteiger partial charge is 0.329 e. The van der Waals surface area contributed by atoms with E-state index in [2.05, 4.69) is 10.3 Å². The molecule has 0 spiro atoms. The molecule has 0 aliphatic heterocycles. The Morgan fingerprint density at radius 3 is 2.24 bits per heavy atom. The number of carbonyl (C=O) groups excluding carboxylic acids is 1. The molecule has 0 radical (unpaired) electrons. The standard InChI is InChI=1S/C13H17N3O5/c17-9-7-8(14-12(21)15-9)10(18)16-13(11(19)20)5-3-1-2-4-6-13/h7H,1-6H2,(H,16,18)(H,19,20)(H2,14,15,17,21). The van der Waals surface area contributed by atoms with Gasteiger partial charge in [0, 0.05) is 6.07 Å². The van der Waals surface area contributed by atoms with Crippen molar-refractivity contribution in [2.75, 3.05) is 0 Å². The fraction of sp³-hybridized carbons (Fsp3) is 0.538. The number of carboxylic acid groups (broad SMARTS) is 1. The lowest BCUT2D eigenvalue weighted by molar-refractivity contribution is -0.145. The molecule has 0 unspecified atom stereocenters.